The van der Waals surface area contributed by atoms with Gasteiger partial charge in [0.1, 0.15) is 5.75 Å². The topological polar surface area (TPSA) is 26.3 Å². The number of hydrogen-bond donors (Lipinski definition) is 0. The standard InChI is InChI=1S/C17H11F5O2/c18-16(19)24-14-7-5-12(6-8-14)15(23)9-4-11-2-1-3-13(10-11)17(20,21)22/h1-10,16H/b9-4+. The van der Waals surface area contributed by atoms with Crippen molar-refractivity contribution < 1.29 is 31.5 Å². The van der Waals surface area contributed by atoms with Crippen LogP contribution in [0.5, 0.6) is 5.75 Å². The molecule has 0 aromatic heterocycles. The Morgan fingerprint density at radius 2 is 1.71 bits per heavy atom. The van der Waals surface area contributed by atoms with Gasteiger partial charge in [0, 0.05) is 5.56 Å². The Kier molecular flexibility index (Phi) is 5.33. The van der Waals surface area contributed by atoms with E-state index in [1.54, 1.807) is 0 Å². The quantitative estimate of drug-likeness (QED) is 0.424. The molecule has 0 bridgehead atoms. The molecule has 0 aliphatic rings. The van der Waals surface area contributed by atoms with Gasteiger partial charge in [0.15, 0.2) is 5.78 Å². The molecule has 2 aromatic rings. The largest absolute Gasteiger partial charge is 0.435 e. The summed E-state index contributed by atoms with van der Waals surface area (Å²) < 4.78 is 66.0. The summed E-state index contributed by atoms with van der Waals surface area (Å²) in [6.07, 6.45) is -2.10. The van der Waals surface area contributed by atoms with Crippen molar-refractivity contribution in [1.82, 2.24) is 0 Å². The molecule has 0 aliphatic heterocycles. The first-order valence-corrected chi connectivity index (χ1v) is 6.70. The molecule has 2 rings (SSSR count). The van der Waals surface area contributed by atoms with Gasteiger partial charge in [-0.1, -0.05) is 18.2 Å². The molecule has 24 heavy (non-hydrogen) atoms. The van der Waals surface area contributed by atoms with Crippen molar-refractivity contribution in [3.05, 3.63) is 71.3 Å². The van der Waals surface area contributed by atoms with Crippen molar-refractivity contribution in [2.75, 3.05) is 0 Å². The fraction of sp³-hybridized carbons (Fsp3) is 0.118. The van der Waals surface area contributed by atoms with Crippen LogP contribution in [0.4, 0.5) is 22.0 Å². The van der Waals surface area contributed by atoms with Crippen LogP contribution in [-0.4, -0.2) is 12.4 Å². The van der Waals surface area contributed by atoms with Crippen LogP contribution in [0.3, 0.4) is 0 Å². The average Bonchev–Trinajstić information content (AvgIpc) is 2.52. The van der Waals surface area contributed by atoms with Crippen molar-refractivity contribution in [2.45, 2.75) is 12.8 Å². The number of rotatable bonds is 5. The van der Waals surface area contributed by atoms with Gasteiger partial charge in [-0.3, -0.25) is 4.79 Å². The van der Waals surface area contributed by atoms with Gasteiger partial charge in [0.25, 0.3) is 0 Å². The molecule has 0 N–H and O–H groups in total. The molecule has 0 unspecified atom stereocenters. The summed E-state index contributed by atoms with van der Waals surface area (Å²) in [7, 11) is 0. The molecule has 0 saturated carbocycles. The highest BCUT2D eigenvalue weighted by atomic mass is 19.4. The van der Waals surface area contributed by atoms with Crippen LogP contribution in [0.15, 0.2) is 54.6 Å². The molecule has 0 radical (unpaired) electrons. The molecule has 0 fully saturated rings. The molecule has 0 aliphatic carbocycles. The van der Waals surface area contributed by atoms with E-state index >= 15 is 0 Å². The van der Waals surface area contributed by atoms with Crippen molar-refractivity contribution in [3.63, 3.8) is 0 Å². The number of carbonyl (C=O) groups excluding carboxylic acids is 1. The summed E-state index contributed by atoms with van der Waals surface area (Å²) in [4.78, 5) is 11.9. The van der Waals surface area contributed by atoms with Gasteiger partial charge in [-0.05, 0) is 48.0 Å². The Bertz CT molecular complexity index is 733. The second-order valence-electron chi connectivity index (χ2n) is 4.72. The average molecular weight is 342 g/mol. The lowest BCUT2D eigenvalue weighted by molar-refractivity contribution is -0.137. The predicted molar refractivity (Wildman–Crippen MR) is 77.9 cm³/mol. The van der Waals surface area contributed by atoms with Gasteiger partial charge in [-0.15, -0.1) is 0 Å². The summed E-state index contributed by atoms with van der Waals surface area (Å²) in [6.45, 7) is -2.97. The minimum atomic E-state index is -4.46. The monoisotopic (exact) mass is 342 g/mol. The molecular formula is C17H11F5O2. The Balaban J connectivity index is 2.10. The number of carbonyl (C=O) groups is 1. The van der Waals surface area contributed by atoms with E-state index in [-0.39, 0.29) is 16.9 Å². The molecule has 0 heterocycles. The number of halogens is 5. The van der Waals surface area contributed by atoms with E-state index in [1.807, 2.05) is 0 Å². The molecule has 0 atom stereocenters. The van der Waals surface area contributed by atoms with E-state index < -0.39 is 24.1 Å². The zero-order valence-electron chi connectivity index (χ0n) is 12.1. The Morgan fingerprint density at radius 1 is 1.04 bits per heavy atom. The fourth-order valence-electron chi connectivity index (χ4n) is 1.89. The molecule has 0 spiro atoms. The molecule has 2 aromatic carbocycles. The molecule has 126 valence electrons. The van der Waals surface area contributed by atoms with E-state index in [0.29, 0.717) is 0 Å². The number of ketones is 1. The van der Waals surface area contributed by atoms with Crippen LogP contribution in [0.1, 0.15) is 21.5 Å². The molecule has 0 saturated heterocycles. The Labute approximate surface area is 134 Å². The van der Waals surface area contributed by atoms with Crippen molar-refractivity contribution in [2.24, 2.45) is 0 Å². The maximum atomic E-state index is 12.6. The van der Waals surface area contributed by atoms with Crippen molar-refractivity contribution in [3.8, 4) is 5.75 Å². The third-order valence-corrected chi connectivity index (χ3v) is 3.01. The van der Waals surface area contributed by atoms with E-state index in [9.17, 15) is 26.7 Å². The van der Waals surface area contributed by atoms with Gasteiger partial charge in [-0.25, -0.2) is 0 Å². The van der Waals surface area contributed by atoms with Crippen molar-refractivity contribution >= 4 is 11.9 Å². The summed E-state index contributed by atoms with van der Waals surface area (Å²) in [5.41, 5.74) is -0.402. The highest BCUT2D eigenvalue weighted by Crippen LogP contribution is 2.29. The highest BCUT2D eigenvalue weighted by Gasteiger charge is 2.30. The van der Waals surface area contributed by atoms with Crippen LogP contribution in [0, 0.1) is 0 Å². The molecule has 2 nitrogen and oxygen atoms in total. The van der Waals surface area contributed by atoms with E-state index in [4.69, 9.17) is 0 Å². The maximum absolute atomic E-state index is 12.6. The Hall–Kier alpha value is -2.70. The summed E-state index contributed by atoms with van der Waals surface area (Å²) in [5, 5.41) is 0. The lowest BCUT2D eigenvalue weighted by atomic mass is 10.1. The SMILES string of the molecule is O=C(/C=C/c1cccc(C(F)(F)F)c1)c1ccc(OC(F)F)cc1. The van der Waals surface area contributed by atoms with Crippen LogP contribution >= 0.6 is 0 Å². The normalized spacial score (nSPS) is 11.9. The zero-order valence-corrected chi connectivity index (χ0v) is 12.1. The second-order valence-corrected chi connectivity index (χ2v) is 4.72. The van der Waals surface area contributed by atoms with Crippen molar-refractivity contribution in [1.29, 1.82) is 0 Å². The van der Waals surface area contributed by atoms with Gasteiger partial charge < -0.3 is 4.74 Å². The summed E-state index contributed by atoms with van der Waals surface area (Å²) in [5.74, 6) is -0.570. The third kappa shape index (κ3) is 4.91. The number of allylic oxidation sites excluding steroid dienone is 1. The van der Waals surface area contributed by atoms with Gasteiger partial charge in [0.2, 0.25) is 0 Å². The third-order valence-electron chi connectivity index (χ3n) is 3.01. The smallest absolute Gasteiger partial charge is 0.416 e. The fourth-order valence-corrected chi connectivity index (χ4v) is 1.89. The van der Waals surface area contributed by atoms with E-state index in [0.717, 1.165) is 18.2 Å². The molecule has 7 heteroatoms. The minimum absolute atomic E-state index is 0.0941. The zero-order chi connectivity index (χ0) is 17.7. The van der Waals surface area contributed by atoms with Gasteiger partial charge in [0.05, 0.1) is 5.56 Å². The van der Waals surface area contributed by atoms with Crippen LogP contribution in [-0.2, 0) is 6.18 Å². The number of hydrogen-bond acceptors (Lipinski definition) is 2. The molecular weight excluding hydrogens is 331 g/mol. The highest BCUT2D eigenvalue weighted by molar-refractivity contribution is 6.06. The summed E-state index contributed by atoms with van der Waals surface area (Å²) >= 11 is 0. The number of alkyl halides is 5. The first-order valence-electron chi connectivity index (χ1n) is 6.70. The lowest BCUT2D eigenvalue weighted by Gasteiger charge is -2.06. The molecule has 0 amide bonds. The summed E-state index contributed by atoms with van der Waals surface area (Å²) in [6, 6.07) is 9.51. The van der Waals surface area contributed by atoms with Gasteiger partial charge in [-0.2, -0.15) is 22.0 Å². The van der Waals surface area contributed by atoms with E-state index in [2.05, 4.69) is 4.74 Å². The minimum Gasteiger partial charge on any atom is -0.435 e. The van der Waals surface area contributed by atoms with Crippen LogP contribution < -0.4 is 4.74 Å². The Morgan fingerprint density at radius 3 is 2.29 bits per heavy atom. The van der Waals surface area contributed by atoms with Gasteiger partial charge >= 0.3 is 12.8 Å². The number of ether oxygens (including phenoxy) is 1. The van der Waals surface area contributed by atoms with Crippen LogP contribution in [0.2, 0.25) is 0 Å². The van der Waals surface area contributed by atoms with E-state index in [1.165, 1.54) is 42.5 Å². The number of benzene rings is 2. The maximum Gasteiger partial charge on any atom is 0.416 e. The second kappa shape index (κ2) is 7.25. The predicted octanol–water partition coefficient (Wildman–Crippen LogP) is 5.20. The first-order chi connectivity index (χ1) is 11.3. The lowest BCUT2D eigenvalue weighted by Crippen LogP contribution is -2.04. The van der Waals surface area contributed by atoms with Crippen LogP contribution in [0.25, 0.3) is 6.08 Å². The first kappa shape index (κ1) is 17.7.